The van der Waals surface area contributed by atoms with Crippen LogP contribution in [-0.2, 0) is 11.2 Å². The Labute approximate surface area is 100 Å². The van der Waals surface area contributed by atoms with Crippen LogP contribution < -0.4 is 5.73 Å². The van der Waals surface area contributed by atoms with Crippen molar-refractivity contribution < 1.29 is 9.18 Å². The lowest BCUT2D eigenvalue weighted by Crippen LogP contribution is -2.64. The third-order valence-electron chi connectivity index (χ3n) is 3.14. The molecule has 0 saturated carbocycles. The Morgan fingerprint density at radius 3 is 2.59 bits per heavy atom. The average Bonchev–Trinajstić information content (AvgIpc) is 2.33. The number of alkyl halides is 1. The van der Waals surface area contributed by atoms with E-state index in [1.807, 2.05) is 30.3 Å². The monoisotopic (exact) mass is 236 g/mol. The van der Waals surface area contributed by atoms with Gasteiger partial charge in [-0.2, -0.15) is 0 Å². The topological polar surface area (TPSA) is 46.3 Å². The molecule has 92 valence electrons. The van der Waals surface area contributed by atoms with Crippen molar-refractivity contribution in [1.82, 2.24) is 4.90 Å². The first-order valence-corrected chi connectivity index (χ1v) is 5.84. The number of hydrogen-bond donors (Lipinski definition) is 1. The molecule has 1 aliphatic rings. The molecule has 17 heavy (non-hydrogen) atoms. The Kier molecular flexibility index (Phi) is 3.43. The molecule has 0 bridgehead atoms. The van der Waals surface area contributed by atoms with Crippen molar-refractivity contribution in [2.45, 2.75) is 18.5 Å². The van der Waals surface area contributed by atoms with Crippen molar-refractivity contribution in [2.75, 3.05) is 19.6 Å². The SMILES string of the molecule is NCC1(F)CN(C(=O)CCc2ccccc2)C1. The van der Waals surface area contributed by atoms with Gasteiger partial charge in [0.25, 0.3) is 0 Å². The summed E-state index contributed by atoms with van der Waals surface area (Å²) in [6.07, 6.45) is 1.14. The highest BCUT2D eigenvalue weighted by atomic mass is 19.1. The van der Waals surface area contributed by atoms with E-state index in [0.29, 0.717) is 12.8 Å². The molecular formula is C13H17FN2O. The van der Waals surface area contributed by atoms with Gasteiger partial charge in [-0.15, -0.1) is 0 Å². The van der Waals surface area contributed by atoms with E-state index in [1.54, 1.807) is 0 Å². The fraction of sp³-hybridized carbons (Fsp3) is 0.462. The molecule has 1 aromatic rings. The molecule has 0 atom stereocenters. The van der Waals surface area contributed by atoms with Crippen molar-refractivity contribution in [3.8, 4) is 0 Å². The number of likely N-dealkylation sites (tertiary alicyclic amines) is 1. The minimum absolute atomic E-state index is 0.00450. The second-order valence-corrected chi connectivity index (χ2v) is 4.59. The van der Waals surface area contributed by atoms with Gasteiger partial charge in [-0.25, -0.2) is 4.39 Å². The van der Waals surface area contributed by atoms with Crippen LogP contribution in [-0.4, -0.2) is 36.1 Å². The van der Waals surface area contributed by atoms with Crippen LogP contribution in [0.4, 0.5) is 4.39 Å². The van der Waals surface area contributed by atoms with Crippen LogP contribution in [0.5, 0.6) is 0 Å². The van der Waals surface area contributed by atoms with Crippen molar-refractivity contribution in [1.29, 1.82) is 0 Å². The van der Waals surface area contributed by atoms with Crippen LogP contribution in [0.2, 0.25) is 0 Å². The maximum absolute atomic E-state index is 13.5. The first kappa shape index (κ1) is 12.0. The number of rotatable bonds is 4. The standard InChI is InChI=1S/C13H17FN2O/c14-13(8-15)9-16(10-13)12(17)7-6-11-4-2-1-3-5-11/h1-5H,6-10,15H2. The van der Waals surface area contributed by atoms with Gasteiger partial charge >= 0.3 is 0 Å². The lowest BCUT2D eigenvalue weighted by Gasteiger charge is -2.43. The number of aryl methyl sites for hydroxylation is 1. The maximum atomic E-state index is 13.5. The summed E-state index contributed by atoms with van der Waals surface area (Å²) >= 11 is 0. The summed E-state index contributed by atoms with van der Waals surface area (Å²) in [5.74, 6) is 0.00979. The first-order chi connectivity index (χ1) is 8.13. The highest BCUT2D eigenvalue weighted by Crippen LogP contribution is 2.24. The van der Waals surface area contributed by atoms with Crippen LogP contribution in [0.3, 0.4) is 0 Å². The van der Waals surface area contributed by atoms with Crippen LogP contribution in [0, 0.1) is 0 Å². The fourth-order valence-electron chi connectivity index (χ4n) is 2.00. The highest BCUT2D eigenvalue weighted by molar-refractivity contribution is 5.77. The van der Waals surface area contributed by atoms with Crippen molar-refractivity contribution in [2.24, 2.45) is 5.73 Å². The third-order valence-corrected chi connectivity index (χ3v) is 3.14. The van der Waals surface area contributed by atoms with E-state index in [1.165, 1.54) is 4.90 Å². The van der Waals surface area contributed by atoms with Crippen LogP contribution in [0.25, 0.3) is 0 Å². The molecule has 2 N–H and O–H groups in total. The van der Waals surface area contributed by atoms with Crippen molar-refractivity contribution in [3.63, 3.8) is 0 Å². The number of nitrogens with two attached hydrogens (primary N) is 1. The molecule has 4 heteroatoms. The summed E-state index contributed by atoms with van der Waals surface area (Å²) in [6.45, 7) is 0.295. The van der Waals surface area contributed by atoms with E-state index in [0.717, 1.165) is 5.56 Å². The average molecular weight is 236 g/mol. The normalized spacial score (nSPS) is 17.6. The smallest absolute Gasteiger partial charge is 0.223 e. The predicted molar refractivity (Wildman–Crippen MR) is 64.2 cm³/mol. The van der Waals surface area contributed by atoms with Crippen LogP contribution in [0.15, 0.2) is 30.3 Å². The van der Waals surface area contributed by atoms with E-state index in [9.17, 15) is 9.18 Å². The van der Waals surface area contributed by atoms with E-state index in [4.69, 9.17) is 5.73 Å². The molecular weight excluding hydrogens is 219 g/mol. The molecule has 1 amide bonds. The number of benzene rings is 1. The quantitative estimate of drug-likeness (QED) is 0.851. The molecule has 1 fully saturated rings. The number of halogens is 1. The molecule has 1 aliphatic heterocycles. The van der Waals surface area contributed by atoms with Gasteiger partial charge in [0.05, 0.1) is 13.1 Å². The largest absolute Gasteiger partial charge is 0.336 e. The summed E-state index contributed by atoms with van der Waals surface area (Å²) in [4.78, 5) is 13.3. The Balaban J connectivity index is 1.76. The molecule has 3 nitrogen and oxygen atoms in total. The van der Waals surface area contributed by atoms with E-state index >= 15 is 0 Å². The van der Waals surface area contributed by atoms with Gasteiger partial charge in [-0.3, -0.25) is 4.79 Å². The molecule has 1 heterocycles. The van der Waals surface area contributed by atoms with E-state index < -0.39 is 5.67 Å². The molecule has 0 aromatic heterocycles. The number of hydrogen-bond acceptors (Lipinski definition) is 2. The van der Waals surface area contributed by atoms with Crippen molar-refractivity contribution in [3.05, 3.63) is 35.9 Å². The highest BCUT2D eigenvalue weighted by Gasteiger charge is 2.44. The lowest BCUT2D eigenvalue weighted by molar-refractivity contribution is -0.144. The van der Waals surface area contributed by atoms with Gasteiger partial charge < -0.3 is 10.6 Å². The van der Waals surface area contributed by atoms with Gasteiger partial charge in [0.15, 0.2) is 5.67 Å². The van der Waals surface area contributed by atoms with E-state index in [2.05, 4.69) is 0 Å². The predicted octanol–water partition coefficient (Wildman–Crippen LogP) is 1.13. The summed E-state index contributed by atoms with van der Waals surface area (Å²) in [5, 5.41) is 0. The second-order valence-electron chi connectivity index (χ2n) is 4.59. The minimum atomic E-state index is -1.34. The number of carbonyl (C=O) groups is 1. The molecule has 1 aromatic carbocycles. The van der Waals surface area contributed by atoms with E-state index in [-0.39, 0.29) is 25.5 Å². The van der Waals surface area contributed by atoms with Crippen LogP contribution >= 0.6 is 0 Å². The number of carbonyl (C=O) groups excluding carboxylic acids is 1. The summed E-state index contributed by atoms with van der Waals surface area (Å²) in [7, 11) is 0. The summed E-state index contributed by atoms with van der Waals surface area (Å²) < 4.78 is 13.5. The van der Waals surface area contributed by atoms with Gasteiger partial charge in [0, 0.05) is 13.0 Å². The Bertz CT molecular complexity index is 388. The lowest BCUT2D eigenvalue weighted by atomic mass is 9.95. The Hall–Kier alpha value is -1.42. The van der Waals surface area contributed by atoms with Gasteiger partial charge in [-0.05, 0) is 12.0 Å². The molecule has 0 aliphatic carbocycles. The molecule has 0 spiro atoms. The molecule has 0 unspecified atom stereocenters. The number of amides is 1. The maximum Gasteiger partial charge on any atom is 0.223 e. The molecule has 1 saturated heterocycles. The van der Waals surface area contributed by atoms with Gasteiger partial charge in [0.1, 0.15) is 0 Å². The first-order valence-electron chi connectivity index (χ1n) is 5.84. The Morgan fingerprint density at radius 1 is 1.35 bits per heavy atom. The Morgan fingerprint density at radius 2 is 2.00 bits per heavy atom. The summed E-state index contributed by atoms with van der Waals surface area (Å²) in [5.41, 5.74) is 5.07. The minimum Gasteiger partial charge on any atom is -0.336 e. The zero-order valence-electron chi connectivity index (χ0n) is 9.73. The molecule has 0 radical (unpaired) electrons. The van der Waals surface area contributed by atoms with Gasteiger partial charge in [-0.1, -0.05) is 30.3 Å². The number of nitrogens with zero attached hydrogens (tertiary/aromatic N) is 1. The van der Waals surface area contributed by atoms with Crippen molar-refractivity contribution >= 4 is 5.91 Å². The summed E-state index contributed by atoms with van der Waals surface area (Å²) in [6, 6.07) is 9.82. The molecule has 2 rings (SSSR count). The fourth-order valence-corrected chi connectivity index (χ4v) is 2.00. The zero-order chi connectivity index (χ0) is 12.3. The second kappa shape index (κ2) is 4.84. The zero-order valence-corrected chi connectivity index (χ0v) is 9.73. The third kappa shape index (κ3) is 2.82. The van der Waals surface area contributed by atoms with Gasteiger partial charge in [0.2, 0.25) is 5.91 Å². The van der Waals surface area contributed by atoms with Crippen LogP contribution in [0.1, 0.15) is 12.0 Å².